The van der Waals surface area contributed by atoms with E-state index in [2.05, 4.69) is 20.9 Å². The number of nitrogens with zero attached hydrogens (tertiary/aromatic N) is 2. The smallest absolute Gasteiger partial charge is 0.338 e. The second kappa shape index (κ2) is 7.79. The number of carbonyl (C=O) groups is 1. The summed E-state index contributed by atoms with van der Waals surface area (Å²) >= 11 is 3.35. The van der Waals surface area contributed by atoms with Gasteiger partial charge in [0.25, 0.3) is 5.56 Å². The van der Waals surface area contributed by atoms with Gasteiger partial charge in [-0.05, 0) is 46.6 Å². The highest BCUT2D eigenvalue weighted by atomic mass is 79.9. The van der Waals surface area contributed by atoms with Gasteiger partial charge in [-0.25, -0.2) is 9.78 Å². The Labute approximate surface area is 163 Å². The molecule has 140 valence electrons. The SMILES string of the molecule is COc1cc(C(=O)OCc2cc(=O)n3cccc(C)c3n2)cc(OC)c1Br. The number of benzene rings is 1. The average molecular weight is 433 g/mol. The predicted octanol–water partition coefficient (Wildman–Crippen LogP) is 3.14. The van der Waals surface area contributed by atoms with Gasteiger partial charge in [-0.2, -0.15) is 0 Å². The lowest BCUT2D eigenvalue weighted by Crippen LogP contribution is -2.17. The molecular formula is C19H17BrN2O5. The summed E-state index contributed by atoms with van der Waals surface area (Å²) in [7, 11) is 2.98. The van der Waals surface area contributed by atoms with Crippen molar-refractivity contribution in [2.75, 3.05) is 14.2 Å². The van der Waals surface area contributed by atoms with Crippen molar-refractivity contribution in [2.24, 2.45) is 0 Å². The average Bonchev–Trinajstić information content (AvgIpc) is 2.67. The van der Waals surface area contributed by atoms with Crippen molar-refractivity contribution >= 4 is 27.5 Å². The van der Waals surface area contributed by atoms with Gasteiger partial charge in [-0.15, -0.1) is 0 Å². The fraction of sp³-hybridized carbons (Fsp3) is 0.211. The van der Waals surface area contributed by atoms with Crippen molar-refractivity contribution < 1.29 is 19.0 Å². The normalized spacial score (nSPS) is 10.7. The van der Waals surface area contributed by atoms with Crippen LogP contribution in [-0.4, -0.2) is 29.6 Å². The third kappa shape index (κ3) is 3.80. The molecule has 0 bridgehead atoms. The van der Waals surface area contributed by atoms with Gasteiger partial charge < -0.3 is 14.2 Å². The maximum absolute atomic E-state index is 12.4. The first-order valence-corrected chi connectivity index (χ1v) is 8.80. The molecule has 0 N–H and O–H groups in total. The largest absolute Gasteiger partial charge is 0.495 e. The van der Waals surface area contributed by atoms with Crippen LogP contribution in [0.4, 0.5) is 0 Å². The summed E-state index contributed by atoms with van der Waals surface area (Å²) in [4.78, 5) is 29.0. The summed E-state index contributed by atoms with van der Waals surface area (Å²) in [5.41, 5.74) is 1.79. The summed E-state index contributed by atoms with van der Waals surface area (Å²) in [5, 5.41) is 0. The van der Waals surface area contributed by atoms with E-state index in [1.165, 1.54) is 24.7 Å². The van der Waals surface area contributed by atoms with Crippen LogP contribution in [0.2, 0.25) is 0 Å². The first-order chi connectivity index (χ1) is 12.9. The minimum atomic E-state index is -0.578. The Kier molecular flexibility index (Phi) is 5.46. The Bertz CT molecular complexity index is 1050. The van der Waals surface area contributed by atoms with Crippen LogP contribution in [0.1, 0.15) is 21.6 Å². The Balaban J connectivity index is 1.85. The zero-order valence-electron chi connectivity index (χ0n) is 15.0. The number of esters is 1. The maximum Gasteiger partial charge on any atom is 0.338 e. The van der Waals surface area contributed by atoms with Crippen LogP contribution in [0.25, 0.3) is 5.65 Å². The minimum Gasteiger partial charge on any atom is -0.495 e. The fourth-order valence-electron chi connectivity index (χ4n) is 2.59. The van der Waals surface area contributed by atoms with Crippen LogP contribution in [0.15, 0.2) is 45.8 Å². The maximum atomic E-state index is 12.4. The Hall–Kier alpha value is -2.87. The van der Waals surface area contributed by atoms with Crippen molar-refractivity contribution in [1.82, 2.24) is 9.38 Å². The van der Waals surface area contributed by atoms with Crippen molar-refractivity contribution in [3.8, 4) is 11.5 Å². The molecular weight excluding hydrogens is 416 g/mol. The number of hydrogen-bond donors (Lipinski definition) is 0. The number of ether oxygens (including phenoxy) is 3. The molecule has 0 spiro atoms. The van der Waals surface area contributed by atoms with Crippen LogP contribution in [0.5, 0.6) is 11.5 Å². The second-order valence-corrected chi connectivity index (χ2v) is 6.53. The lowest BCUT2D eigenvalue weighted by molar-refractivity contribution is 0.0467. The number of aromatic nitrogens is 2. The van der Waals surface area contributed by atoms with Crippen LogP contribution in [0, 0.1) is 6.92 Å². The fourth-order valence-corrected chi connectivity index (χ4v) is 3.15. The van der Waals surface area contributed by atoms with E-state index in [0.29, 0.717) is 27.3 Å². The number of pyridine rings is 1. The van der Waals surface area contributed by atoms with Gasteiger partial charge in [0.05, 0.1) is 25.5 Å². The van der Waals surface area contributed by atoms with Crippen molar-refractivity contribution in [1.29, 1.82) is 0 Å². The van der Waals surface area contributed by atoms with E-state index in [0.717, 1.165) is 5.56 Å². The summed E-state index contributed by atoms with van der Waals surface area (Å²) in [5.74, 6) is 0.309. The first kappa shape index (κ1) is 18.9. The molecule has 0 amide bonds. The molecule has 0 saturated heterocycles. The Morgan fingerprint density at radius 3 is 2.48 bits per heavy atom. The van der Waals surface area contributed by atoms with Gasteiger partial charge in [0.1, 0.15) is 28.2 Å². The topological polar surface area (TPSA) is 79.1 Å². The van der Waals surface area contributed by atoms with Crippen molar-refractivity contribution in [3.05, 3.63) is 68.2 Å². The molecule has 8 heteroatoms. The van der Waals surface area contributed by atoms with Crippen LogP contribution >= 0.6 is 15.9 Å². The lowest BCUT2D eigenvalue weighted by Gasteiger charge is -2.11. The van der Waals surface area contributed by atoms with E-state index in [4.69, 9.17) is 14.2 Å². The molecule has 3 aromatic rings. The number of methoxy groups -OCH3 is 2. The van der Waals surface area contributed by atoms with Crippen molar-refractivity contribution in [3.63, 3.8) is 0 Å². The number of rotatable bonds is 5. The third-order valence-corrected chi connectivity index (χ3v) is 4.75. The summed E-state index contributed by atoms with van der Waals surface area (Å²) in [6.45, 7) is 1.73. The summed E-state index contributed by atoms with van der Waals surface area (Å²) in [6.07, 6.45) is 1.65. The number of halogens is 1. The molecule has 0 aliphatic rings. The van der Waals surface area contributed by atoms with E-state index < -0.39 is 5.97 Å². The molecule has 0 radical (unpaired) electrons. The zero-order chi connectivity index (χ0) is 19.6. The van der Waals surface area contributed by atoms with Gasteiger partial charge in [0.15, 0.2) is 0 Å². The number of fused-ring (bicyclic) bond motifs is 1. The molecule has 2 heterocycles. The van der Waals surface area contributed by atoms with E-state index in [9.17, 15) is 9.59 Å². The van der Waals surface area contributed by atoms with Crippen LogP contribution in [0.3, 0.4) is 0 Å². The van der Waals surface area contributed by atoms with Gasteiger partial charge in [0, 0.05) is 12.3 Å². The van der Waals surface area contributed by atoms with E-state index in [1.54, 1.807) is 24.4 Å². The predicted molar refractivity (Wildman–Crippen MR) is 103 cm³/mol. The molecule has 0 aliphatic carbocycles. The molecule has 7 nitrogen and oxygen atoms in total. The number of hydrogen-bond acceptors (Lipinski definition) is 6. The standard InChI is InChI=1S/C19H17BrN2O5/c1-11-5-4-6-22-16(23)9-13(21-18(11)22)10-27-19(24)12-7-14(25-2)17(20)15(8-12)26-3/h4-9H,10H2,1-3H3. The minimum absolute atomic E-state index is 0.125. The number of carbonyl (C=O) groups excluding carboxylic acids is 1. The molecule has 27 heavy (non-hydrogen) atoms. The molecule has 0 aliphatic heterocycles. The summed E-state index contributed by atoms with van der Waals surface area (Å²) < 4.78 is 17.8. The Morgan fingerprint density at radius 2 is 1.85 bits per heavy atom. The highest BCUT2D eigenvalue weighted by Gasteiger charge is 2.16. The molecule has 0 fully saturated rings. The number of aryl methyl sites for hydroxylation is 1. The van der Waals surface area contributed by atoms with Crippen LogP contribution in [-0.2, 0) is 11.3 Å². The molecule has 0 saturated carbocycles. The molecule has 3 rings (SSSR count). The third-order valence-electron chi connectivity index (χ3n) is 3.97. The highest BCUT2D eigenvalue weighted by Crippen LogP contribution is 2.35. The van der Waals surface area contributed by atoms with E-state index in [-0.39, 0.29) is 17.7 Å². The first-order valence-electron chi connectivity index (χ1n) is 8.01. The van der Waals surface area contributed by atoms with Gasteiger partial charge in [-0.1, -0.05) is 6.07 Å². The highest BCUT2D eigenvalue weighted by molar-refractivity contribution is 9.10. The molecule has 2 aromatic heterocycles. The summed E-state index contributed by atoms with van der Waals surface area (Å²) in [6, 6.07) is 8.07. The Morgan fingerprint density at radius 1 is 1.19 bits per heavy atom. The zero-order valence-corrected chi connectivity index (χ0v) is 16.6. The second-order valence-electron chi connectivity index (χ2n) is 5.74. The van der Waals surface area contributed by atoms with Crippen LogP contribution < -0.4 is 15.0 Å². The van der Waals surface area contributed by atoms with E-state index >= 15 is 0 Å². The molecule has 0 unspecified atom stereocenters. The lowest BCUT2D eigenvalue weighted by atomic mass is 10.2. The molecule has 1 aromatic carbocycles. The van der Waals surface area contributed by atoms with Gasteiger partial charge in [0.2, 0.25) is 0 Å². The monoisotopic (exact) mass is 432 g/mol. The molecule has 0 atom stereocenters. The van der Waals surface area contributed by atoms with Gasteiger partial charge in [-0.3, -0.25) is 9.20 Å². The quantitative estimate of drug-likeness (QED) is 0.576. The van der Waals surface area contributed by atoms with Gasteiger partial charge >= 0.3 is 5.97 Å². The van der Waals surface area contributed by atoms with Crippen molar-refractivity contribution in [2.45, 2.75) is 13.5 Å². The van der Waals surface area contributed by atoms with E-state index in [1.807, 2.05) is 13.0 Å².